The molecule has 0 spiro atoms. The molecule has 5 rings (SSSR count). The predicted molar refractivity (Wildman–Crippen MR) is 138 cm³/mol. The van der Waals surface area contributed by atoms with Crippen LogP contribution in [0.4, 0.5) is 5.69 Å². The lowest BCUT2D eigenvalue weighted by Crippen LogP contribution is -2.52. The molecule has 0 bridgehead atoms. The van der Waals surface area contributed by atoms with Crippen LogP contribution in [-0.2, 0) is 7.05 Å². The number of benzene rings is 2. The van der Waals surface area contributed by atoms with E-state index in [-0.39, 0.29) is 5.91 Å². The fraction of sp³-hybridized carbons (Fsp3) is 0.440. The molecule has 2 aliphatic rings. The zero-order chi connectivity index (χ0) is 23.7. The molecule has 7 nitrogen and oxygen atoms in total. The molecule has 3 aromatic rings. The van der Waals surface area contributed by atoms with Gasteiger partial charge in [0.25, 0.3) is 5.91 Å². The summed E-state index contributed by atoms with van der Waals surface area (Å²) >= 11 is 12.6. The molecule has 3 heterocycles. The van der Waals surface area contributed by atoms with Crippen LogP contribution in [0, 0.1) is 0 Å². The highest BCUT2D eigenvalue weighted by Gasteiger charge is 2.26. The van der Waals surface area contributed by atoms with Crippen molar-refractivity contribution in [1.29, 1.82) is 0 Å². The number of rotatable bonds is 5. The smallest absolute Gasteiger partial charge is 0.275 e. The van der Waals surface area contributed by atoms with Gasteiger partial charge in [0.2, 0.25) is 0 Å². The van der Waals surface area contributed by atoms with E-state index in [1.165, 1.54) is 0 Å². The van der Waals surface area contributed by atoms with E-state index in [1.807, 2.05) is 54.4 Å². The number of fused-ring (bicyclic) bond motifs is 1. The number of aromatic nitrogens is 2. The number of hydrogen-bond donors (Lipinski definition) is 0. The minimum absolute atomic E-state index is 0.0345. The largest absolute Gasteiger partial charge is 0.368 e. The molecule has 2 aliphatic heterocycles. The Bertz CT molecular complexity index is 1170. The molecular formula is C25H30Cl2N6O. The van der Waals surface area contributed by atoms with Crippen LogP contribution in [0.2, 0.25) is 10.0 Å². The van der Waals surface area contributed by atoms with Crippen LogP contribution in [0.25, 0.3) is 10.9 Å². The van der Waals surface area contributed by atoms with E-state index in [0.29, 0.717) is 15.7 Å². The summed E-state index contributed by atoms with van der Waals surface area (Å²) in [6, 6.07) is 13.7. The summed E-state index contributed by atoms with van der Waals surface area (Å²) in [7, 11) is 1.89. The van der Waals surface area contributed by atoms with Gasteiger partial charge in [0.1, 0.15) is 0 Å². The second kappa shape index (κ2) is 10.1. The van der Waals surface area contributed by atoms with Crippen molar-refractivity contribution in [3.63, 3.8) is 0 Å². The summed E-state index contributed by atoms with van der Waals surface area (Å²) in [5, 5.41) is 6.68. The van der Waals surface area contributed by atoms with E-state index in [0.717, 1.165) is 82.0 Å². The quantitative estimate of drug-likeness (QED) is 0.536. The second-order valence-corrected chi connectivity index (χ2v) is 9.81. The third-order valence-corrected chi connectivity index (χ3v) is 7.81. The van der Waals surface area contributed by atoms with Gasteiger partial charge >= 0.3 is 0 Å². The maximum Gasteiger partial charge on any atom is 0.275 e. The maximum absolute atomic E-state index is 13.1. The highest BCUT2D eigenvalue weighted by molar-refractivity contribution is 6.43. The van der Waals surface area contributed by atoms with Gasteiger partial charge in [0.15, 0.2) is 5.69 Å². The second-order valence-electron chi connectivity index (χ2n) is 9.02. The van der Waals surface area contributed by atoms with Crippen LogP contribution < -0.4 is 4.90 Å². The number of aryl methyl sites for hydroxylation is 1. The van der Waals surface area contributed by atoms with Gasteiger partial charge in [-0.1, -0.05) is 47.5 Å². The molecule has 0 aliphatic carbocycles. The molecular weight excluding hydrogens is 471 g/mol. The number of piperazine rings is 2. The number of amides is 1. The molecule has 34 heavy (non-hydrogen) atoms. The van der Waals surface area contributed by atoms with Crippen molar-refractivity contribution < 1.29 is 4.79 Å². The summed E-state index contributed by atoms with van der Waals surface area (Å²) in [5.41, 5.74) is 2.57. The molecule has 2 fully saturated rings. The van der Waals surface area contributed by atoms with Crippen LogP contribution in [0.3, 0.4) is 0 Å². The maximum atomic E-state index is 13.1. The third kappa shape index (κ3) is 4.75. The first kappa shape index (κ1) is 23.4. The Morgan fingerprint density at radius 2 is 1.50 bits per heavy atom. The fourth-order valence-corrected chi connectivity index (χ4v) is 5.34. The topological polar surface area (TPSA) is 47.9 Å². The molecule has 0 radical (unpaired) electrons. The number of nitrogens with zero attached hydrogens (tertiary/aromatic N) is 6. The highest BCUT2D eigenvalue weighted by atomic mass is 35.5. The lowest BCUT2D eigenvalue weighted by Gasteiger charge is -2.39. The Balaban J connectivity index is 1.09. The van der Waals surface area contributed by atoms with Gasteiger partial charge in [-0.25, -0.2) is 0 Å². The molecule has 180 valence electrons. The van der Waals surface area contributed by atoms with Crippen LogP contribution in [0.15, 0.2) is 42.5 Å². The van der Waals surface area contributed by atoms with Crippen molar-refractivity contribution in [1.82, 2.24) is 24.5 Å². The minimum atomic E-state index is 0.0345. The van der Waals surface area contributed by atoms with E-state index in [1.54, 1.807) is 4.68 Å². The zero-order valence-corrected chi connectivity index (χ0v) is 21.0. The molecule has 0 unspecified atom stereocenters. The lowest BCUT2D eigenvalue weighted by molar-refractivity contribution is 0.0617. The first-order valence-electron chi connectivity index (χ1n) is 11.9. The highest BCUT2D eigenvalue weighted by Crippen LogP contribution is 2.32. The SMILES string of the molecule is Cn1nc(C(=O)N2CCN(CCN3CCN(c4cccc(Cl)c4Cl)CC3)CC2)c2ccccc21. The van der Waals surface area contributed by atoms with Crippen molar-refractivity contribution in [2.75, 3.05) is 70.3 Å². The Hall–Kier alpha value is -2.32. The summed E-state index contributed by atoms with van der Waals surface area (Å²) < 4.78 is 1.79. The van der Waals surface area contributed by atoms with Crippen molar-refractivity contribution in [2.24, 2.45) is 7.05 Å². The van der Waals surface area contributed by atoms with Gasteiger partial charge in [-0.2, -0.15) is 5.10 Å². The summed E-state index contributed by atoms with van der Waals surface area (Å²) in [5.74, 6) is 0.0345. The Morgan fingerprint density at radius 3 is 2.21 bits per heavy atom. The number of hydrogen-bond acceptors (Lipinski definition) is 5. The first-order chi connectivity index (χ1) is 16.5. The van der Waals surface area contributed by atoms with Gasteiger partial charge in [0, 0.05) is 77.9 Å². The fourth-order valence-electron chi connectivity index (χ4n) is 4.93. The average Bonchev–Trinajstić information content (AvgIpc) is 3.21. The van der Waals surface area contributed by atoms with Gasteiger partial charge in [-0.3, -0.25) is 19.3 Å². The average molecular weight is 501 g/mol. The lowest BCUT2D eigenvalue weighted by atomic mass is 10.2. The van der Waals surface area contributed by atoms with E-state index in [9.17, 15) is 4.79 Å². The van der Waals surface area contributed by atoms with Crippen LogP contribution in [-0.4, -0.2) is 95.8 Å². The molecule has 2 aromatic carbocycles. The number of halogens is 2. The predicted octanol–water partition coefficient (Wildman–Crippen LogP) is 3.46. The third-order valence-electron chi connectivity index (χ3n) is 7.00. The summed E-state index contributed by atoms with van der Waals surface area (Å²) in [4.78, 5) is 22.4. The summed E-state index contributed by atoms with van der Waals surface area (Å²) in [6.07, 6.45) is 0. The monoisotopic (exact) mass is 500 g/mol. The number of carbonyl (C=O) groups is 1. The Kier molecular flexibility index (Phi) is 6.97. The van der Waals surface area contributed by atoms with Crippen molar-refractivity contribution in [2.45, 2.75) is 0 Å². The first-order valence-corrected chi connectivity index (χ1v) is 12.6. The standard InChI is InChI=1S/C25H30Cl2N6O/c1-29-21-7-3-2-5-19(21)24(28-29)25(34)33-17-13-31(14-18-33)10-9-30-11-15-32(16-12-30)22-8-4-6-20(26)23(22)27/h2-8H,9-18H2,1H3. The molecule has 2 saturated heterocycles. The molecule has 9 heteroatoms. The van der Waals surface area contributed by atoms with E-state index in [2.05, 4.69) is 19.8 Å². The van der Waals surface area contributed by atoms with E-state index >= 15 is 0 Å². The van der Waals surface area contributed by atoms with Crippen LogP contribution >= 0.6 is 23.2 Å². The minimum Gasteiger partial charge on any atom is -0.368 e. The van der Waals surface area contributed by atoms with Gasteiger partial charge in [-0.05, 0) is 18.2 Å². The van der Waals surface area contributed by atoms with Crippen LogP contribution in [0.1, 0.15) is 10.5 Å². The van der Waals surface area contributed by atoms with Crippen molar-refractivity contribution in [3.8, 4) is 0 Å². The molecule has 1 aromatic heterocycles. The number of para-hydroxylation sites is 1. The zero-order valence-electron chi connectivity index (χ0n) is 19.5. The number of carbonyl (C=O) groups excluding carboxylic acids is 1. The van der Waals surface area contributed by atoms with Crippen molar-refractivity contribution in [3.05, 3.63) is 58.2 Å². The Labute approximate surface area is 210 Å². The van der Waals surface area contributed by atoms with E-state index in [4.69, 9.17) is 23.2 Å². The van der Waals surface area contributed by atoms with Crippen LogP contribution in [0.5, 0.6) is 0 Å². The van der Waals surface area contributed by atoms with Gasteiger partial charge in [-0.15, -0.1) is 0 Å². The van der Waals surface area contributed by atoms with Gasteiger partial charge < -0.3 is 9.80 Å². The normalized spacial score (nSPS) is 18.1. The Morgan fingerprint density at radius 1 is 0.853 bits per heavy atom. The molecule has 0 N–H and O–H groups in total. The number of anilines is 1. The van der Waals surface area contributed by atoms with Gasteiger partial charge in [0.05, 0.1) is 21.2 Å². The summed E-state index contributed by atoms with van der Waals surface area (Å²) in [6.45, 7) is 9.24. The molecule has 1 amide bonds. The van der Waals surface area contributed by atoms with Crippen molar-refractivity contribution >= 4 is 45.7 Å². The molecule has 0 atom stereocenters. The van der Waals surface area contributed by atoms with E-state index < -0.39 is 0 Å². The molecule has 0 saturated carbocycles.